The predicted octanol–water partition coefficient (Wildman–Crippen LogP) is 3.98. The number of aromatic nitrogens is 1. The molecular formula is C17H16ClFN2. The second kappa shape index (κ2) is 5.88. The van der Waals surface area contributed by atoms with Gasteiger partial charge in [-0.3, -0.25) is 0 Å². The van der Waals surface area contributed by atoms with Gasteiger partial charge in [-0.15, -0.1) is 0 Å². The van der Waals surface area contributed by atoms with E-state index in [1.54, 1.807) is 12.1 Å². The van der Waals surface area contributed by atoms with Gasteiger partial charge in [0, 0.05) is 18.3 Å². The molecule has 0 radical (unpaired) electrons. The highest BCUT2D eigenvalue weighted by Crippen LogP contribution is 2.21. The fourth-order valence-corrected chi connectivity index (χ4v) is 2.73. The minimum atomic E-state index is -0.386. The first kappa shape index (κ1) is 14.1. The first-order chi connectivity index (χ1) is 10.2. The molecule has 3 aromatic rings. The van der Waals surface area contributed by atoms with Gasteiger partial charge in [0.15, 0.2) is 0 Å². The van der Waals surface area contributed by atoms with Crippen LogP contribution in [0, 0.1) is 5.82 Å². The highest BCUT2D eigenvalue weighted by atomic mass is 35.5. The lowest BCUT2D eigenvalue weighted by atomic mass is 10.1. The second-order valence-electron chi connectivity index (χ2n) is 5.12. The van der Waals surface area contributed by atoms with Crippen molar-refractivity contribution in [3.8, 4) is 0 Å². The summed E-state index contributed by atoms with van der Waals surface area (Å²) in [6.07, 6.45) is 2.90. The Morgan fingerprint density at radius 3 is 2.62 bits per heavy atom. The Kier molecular flexibility index (Phi) is 3.95. The molecule has 0 spiro atoms. The largest absolute Gasteiger partial charge is 0.343 e. The standard InChI is InChI=1S/C17H16ClFN2/c18-15-9-13(2-4-16(15)19)11-21-8-6-14-3-1-12(5-7-20)10-17(14)21/h1-4,6,8-10H,5,7,11,20H2. The quantitative estimate of drug-likeness (QED) is 0.776. The molecule has 2 aromatic carbocycles. The molecule has 0 amide bonds. The van der Waals surface area contributed by atoms with Gasteiger partial charge in [-0.2, -0.15) is 0 Å². The number of benzene rings is 2. The number of nitrogens with zero attached hydrogens (tertiary/aromatic N) is 1. The minimum Gasteiger partial charge on any atom is -0.343 e. The van der Waals surface area contributed by atoms with Crippen molar-refractivity contribution >= 4 is 22.5 Å². The molecular weight excluding hydrogens is 287 g/mol. The summed E-state index contributed by atoms with van der Waals surface area (Å²) in [4.78, 5) is 0. The highest BCUT2D eigenvalue weighted by Gasteiger charge is 2.05. The molecule has 108 valence electrons. The molecule has 21 heavy (non-hydrogen) atoms. The van der Waals surface area contributed by atoms with Crippen LogP contribution >= 0.6 is 11.6 Å². The van der Waals surface area contributed by atoms with Crippen molar-refractivity contribution in [2.45, 2.75) is 13.0 Å². The fraction of sp³-hybridized carbons (Fsp3) is 0.176. The first-order valence-electron chi connectivity index (χ1n) is 6.89. The zero-order chi connectivity index (χ0) is 14.8. The van der Waals surface area contributed by atoms with Crippen LogP contribution < -0.4 is 5.73 Å². The van der Waals surface area contributed by atoms with Gasteiger partial charge in [-0.25, -0.2) is 4.39 Å². The van der Waals surface area contributed by atoms with E-state index in [-0.39, 0.29) is 10.8 Å². The van der Waals surface area contributed by atoms with E-state index < -0.39 is 0 Å². The highest BCUT2D eigenvalue weighted by molar-refractivity contribution is 6.30. The van der Waals surface area contributed by atoms with Gasteiger partial charge in [0.25, 0.3) is 0 Å². The van der Waals surface area contributed by atoms with Crippen LogP contribution in [0.1, 0.15) is 11.1 Å². The van der Waals surface area contributed by atoms with Crippen LogP contribution in [-0.2, 0) is 13.0 Å². The minimum absolute atomic E-state index is 0.160. The molecule has 0 aliphatic rings. The van der Waals surface area contributed by atoms with Crippen molar-refractivity contribution in [3.63, 3.8) is 0 Å². The van der Waals surface area contributed by atoms with Crippen molar-refractivity contribution in [1.82, 2.24) is 4.57 Å². The van der Waals surface area contributed by atoms with Crippen LogP contribution in [0.5, 0.6) is 0 Å². The molecule has 0 fully saturated rings. The van der Waals surface area contributed by atoms with E-state index in [4.69, 9.17) is 17.3 Å². The normalized spacial score (nSPS) is 11.2. The van der Waals surface area contributed by atoms with E-state index in [2.05, 4.69) is 28.8 Å². The third-order valence-corrected chi connectivity index (χ3v) is 3.90. The Hall–Kier alpha value is -1.84. The zero-order valence-corrected chi connectivity index (χ0v) is 12.3. The van der Waals surface area contributed by atoms with Gasteiger partial charge < -0.3 is 10.3 Å². The van der Waals surface area contributed by atoms with E-state index in [1.807, 2.05) is 6.20 Å². The fourth-order valence-electron chi connectivity index (χ4n) is 2.52. The zero-order valence-electron chi connectivity index (χ0n) is 11.5. The van der Waals surface area contributed by atoms with Crippen LogP contribution in [0.2, 0.25) is 5.02 Å². The van der Waals surface area contributed by atoms with Crippen molar-refractivity contribution in [3.05, 3.63) is 70.6 Å². The van der Waals surface area contributed by atoms with E-state index in [0.717, 1.165) is 17.5 Å². The van der Waals surface area contributed by atoms with Gasteiger partial charge in [0.1, 0.15) is 5.82 Å². The summed E-state index contributed by atoms with van der Waals surface area (Å²) in [5.74, 6) is -0.386. The first-order valence-corrected chi connectivity index (χ1v) is 7.27. The van der Waals surface area contributed by atoms with E-state index in [0.29, 0.717) is 13.1 Å². The summed E-state index contributed by atoms with van der Waals surface area (Å²) in [7, 11) is 0. The molecule has 0 saturated heterocycles. The second-order valence-corrected chi connectivity index (χ2v) is 5.53. The smallest absolute Gasteiger partial charge is 0.141 e. The van der Waals surface area contributed by atoms with Crippen molar-refractivity contribution in [2.75, 3.05) is 6.54 Å². The molecule has 1 aromatic heterocycles. The predicted molar refractivity (Wildman–Crippen MR) is 85.2 cm³/mol. The Morgan fingerprint density at radius 2 is 1.86 bits per heavy atom. The van der Waals surface area contributed by atoms with E-state index in [1.165, 1.54) is 17.0 Å². The molecule has 0 bridgehead atoms. The number of fused-ring (bicyclic) bond motifs is 1. The summed E-state index contributed by atoms with van der Waals surface area (Å²) in [5.41, 5.74) is 8.97. The number of rotatable bonds is 4. The maximum atomic E-state index is 13.2. The average molecular weight is 303 g/mol. The number of halogens is 2. The number of hydrogen-bond donors (Lipinski definition) is 1. The van der Waals surface area contributed by atoms with Gasteiger partial charge in [0.2, 0.25) is 0 Å². The van der Waals surface area contributed by atoms with Crippen LogP contribution in [0.25, 0.3) is 10.9 Å². The Labute approximate surface area is 127 Å². The Morgan fingerprint density at radius 1 is 1.05 bits per heavy atom. The lowest BCUT2D eigenvalue weighted by Gasteiger charge is -2.08. The van der Waals surface area contributed by atoms with Gasteiger partial charge in [-0.05, 0) is 53.7 Å². The van der Waals surface area contributed by atoms with E-state index in [9.17, 15) is 4.39 Å². The SMILES string of the molecule is NCCc1ccc2ccn(Cc3ccc(F)c(Cl)c3)c2c1. The lowest BCUT2D eigenvalue weighted by molar-refractivity contribution is 0.627. The van der Waals surface area contributed by atoms with Crippen LogP contribution in [-0.4, -0.2) is 11.1 Å². The maximum Gasteiger partial charge on any atom is 0.141 e. The molecule has 0 unspecified atom stereocenters. The molecule has 0 saturated carbocycles. The molecule has 0 atom stereocenters. The van der Waals surface area contributed by atoms with Crippen molar-refractivity contribution in [1.29, 1.82) is 0 Å². The molecule has 1 heterocycles. The number of nitrogens with two attached hydrogens (primary N) is 1. The molecule has 0 aliphatic carbocycles. The van der Waals surface area contributed by atoms with Crippen molar-refractivity contribution in [2.24, 2.45) is 5.73 Å². The summed E-state index contributed by atoms with van der Waals surface area (Å²) in [5, 5.41) is 1.34. The molecule has 2 nitrogen and oxygen atoms in total. The maximum absolute atomic E-state index is 13.2. The van der Waals surface area contributed by atoms with Crippen LogP contribution in [0.3, 0.4) is 0 Å². The Bertz CT molecular complexity index is 780. The molecule has 2 N–H and O–H groups in total. The van der Waals surface area contributed by atoms with Crippen LogP contribution in [0.4, 0.5) is 4.39 Å². The average Bonchev–Trinajstić information content (AvgIpc) is 2.86. The monoisotopic (exact) mass is 302 g/mol. The summed E-state index contributed by atoms with van der Waals surface area (Å²) >= 11 is 5.84. The van der Waals surface area contributed by atoms with Gasteiger partial charge in [0.05, 0.1) is 5.02 Å². The Balaban J connectivity index is 1.95. The summed E-state index contributed by atoms with van der Waals surface area (Å²) in [6, 6.07) is 13.3. The third kappa shape index (κ3) is 2.94. The summed E-state index contributed by atoms with van der Waals surface area (Å²) in [6.45, 7) is 1.30. The van der Waals surface area contributed by atoms with Crippen molar-refractivity contribution < 1.29 is 4.39 Å². The van der Waals surface area contributed by atoms with Gasteiger partial charge in [-0.1, -0.05) is 29.8 Å². The molecule has 4 heteroatoms. The number of hydrogen-bond acceptors (Lipinski definition) is 1. The summed E-state index contributed by atoms with van der Waals surface area (Å²) < 4.78 is 15.4. The molecule has 0 aliphatic heterocycles. The van der Waals surface area contributed by atoms with E-state index >= 15 is 0 Å². The van der Waals surface area contributed by atoms with Gasteiger partial charge >= 0.3 is 0 Å². The molecule has 3 rings (SSSR count). The lowest BCUT2D eigenvalue weighted by Crippen LogP contribution is -2.03. The third-order valence-electron chi connectivity index (χ3n) is 3.61. The topological polar surface area (TPSA) is 30.9 Å². The van der Waals surface area contributed by atoms with Crippen LogP contribution in [0.15, 0.2) is 48.7 Å².